The number of alkyl halides is 3. The number of ether oxygens (including phenoxy) is 5. The lowest BCUT2D eigenvalue weighted by Gasteiger charge is -2.38. The topological polar surface area (TPSA) is 212 Å². The first kappa shape index (κ1) is 55.0. The summed E-state index contributed by atoms with van der Waals surface area (Å²) in [5.41, 5.74) is 0.279. The van der Waals surface area contributed by atoms with Crippen LogP contribution >= 0.6 is 0 Å². The Balaban J connectivity index is 0.742. The van der Waals surface area contributed by atoms with Crippen LogP contribution in [0.25, 0.3) is 0 Å². The lowest BCUT2D eigenvalue weighted by Crippen LogP contribution is -2.51. The molecular weight excluding hydrogens is 942 g/mol. The Morgan fingerprint density at radius 2 is 1.67 bits per heavy atom. The maximum Gasteiger partial charge on any atom is 0.417 e. The molecule has 21 heteroatoms. The second-order valence-corrected chi connectivity index (χ2v) is 19.9. The molecule has 4 fully saturated rings. The van der Waals surface area contributed by atoms with Gasteiger partial charge in [0, 0.05) is 115 Å². The quantitative estimate of drug-likeness (QED) is 0.111. The number of amides is 5. The molecule has 0 unspecified atom stereocenters. The Hall–Kier alpha value is -4.80. The van der Waals surface area contributed by atoms with E-state index in [2.05, 4.69) is 31.2 Å². The van der Waals surface area contributed by atoms with Gasteiger partial charge >= 0.3 is 6.18 Å². The van der Waals surface area contributed by atoms with Gasteiger partial charge < -0.3 is 54.8 Å². The number of nitrogens with zero attached hydrogens (tertiary/aromatic N) is 4. The van der Waals surface area contributed by atoms with Crippen molar-refractivity contribution in [2.45, 2.75) is 126 Å². The van der Waals surface area contributed by atoms with E-state index < -0.39 is 23.1 Å². The number of likely N-dealkylation sites (tertiary alicyclic amines) is 1. The Morgan fingerprint density at radius 1 is 0.917 bits per heavy atom. The highest BCUT2D eigenvalue weighted by atomic mass is 19.4. The Morgan fingerprint density at radius 3 is 2.40 bits per heavy atom. The zero-order valence-electron chi connectivity index (χ0n) is 41.7. The minimum Gasteiger partial charge on any atom is -0.379 e. The molecule has 2 saturated carbocycles. The van der Waals surface area contributed by atoms with Crippen molar-refractivity contribution in [2.75, 3.05) is 86.6 Å². The van der Waals surface area contributed by atoms with E-state index in [1.54, 1.807) is 42.4 Å². The maximum absolute atomic E-state index is 14.6. The van der Waals surface area contributed by atoms with Crippen molar-refractivity contribution in [2.24, 2.45) is 17.3 Å². The van der Waals surface area contributed by atoms with E-state index in [1.165, 1.54) is 0 Å². The van der Waals surface area contributed by atoms with Crippen LogP contribution in [0.5, 0.6) is 0 Å². The number of nitrogens with one attached hydrogen (secondary N) is 4. The average Bonchev–Trinajstić information content (AvgIpc) is 3.94. The largest absolute Gasteiger partial charge is 0.417 e. The van der Waals surface area contributed by atoms with Crippen molar-refractivity contribution in [1.82, 2.24) is 41.0 Å². The first-order chi connectivity index (χ1) is 34.7. The summed E-state index contributed by atoms with van der Waals surface area (Å²) >= 11 is 0. The normalized spacial score (nSPS) is 26.6. The predicted molar refractivity (Wildman–Crippen MR) is 256 cm³/mol. The second-order valence-electron chi connectivity index (χ2n) is 19.9. The molecule has 3 aliphatic heterocycles. The number of carbonyl (C=O) groups excluding carboxylic acids is 5. The molecule has 5 heterocycles. The van der Waals surface area contributed by atoms with E-state index in [1.807, 2.05) is 6.07 Å². The zero-order chi connectivity index (χ0) is 51.1. The summed E-state index contributed by atoms with van der Waals surface area (Å²) in [6, 6.07) is 4.52. The Labute approximate surface area is 419 Å². The van der Waals surface area contributed by atoms with E-state index in [0.29, 0.717) is 135 Å². The summed E-state index contributed by atoms with van der Waals surface area (Å²) in [7, 11) is 3.37. The third kappa shape index (κ3) is 14.9. The van der Waals surface area contributed by atoms with Crippen LogP contribution < -0.4 is 21.3 Å². The van der Waals surface area contributed by atoms with Gasteiger partial charge in [-0.3, -0.25) is 33.9 Å². The highest BCUT2D eigenvalue weighted by molar-refractivity contribution is 5.90. The third-order valence-corrected chi connectivity index (χ3v) is 15.1. The number of hydrogen-bond donors (Lipinski definition) is 4. The van der Waals surface area contributed by atoms with E-state index >= 15 is 0 Å². The molecule has 398 valence electrons. The summed E-state index contributed by atoms with van der Waals surface area (Å²) < 4.78 is 68.8. The van der Waals surface area contributed by atoms with E-state index in [4.69, 9.17) is 23.7 Å². The molecule has 0 spiro atoms. The van der Waals surface area contributed by atoms with Crippen LogP contribution in [0.1, 0.15) is 105 Å². The molecule has 5 amide bonds. The number of fused-ring (bicyclic) bond motifs is 1. The zero-order valence-corrected chi connectivity index (χ0v) is 41.7. The molecule has 6 atom stereocenters. The van der Waals surface area contributed by atoms with Gasteiger partial charge in [-0.05, 0) is 87.5 Å². The summed E-state index contributed by atoms with van der Waals surface area (Å²) in [5, 5.41) is 12.8. The smallest absolute Gasteiger partial charge is 0.379 e. The van der Waals surface area contributed by atoms with Crippen molar-refractivity contribution in [1.29, 1.82) is 0 Å². The summed E-state index contributed by atoms with van der Waals surface area (Å²) in [5.74, 6) is -1.17. The van der Waals surface area contributed by atoms with Crippen LogP contribution in [0.4, 0.5) is 13.2 Å². The van der Waals surface area contributed by atoms with E-state index in [9.17, 15) is 37.1 Å². The van der Waals surface area contributed by atoms with Gasteiger partial charge in [0.2, 0.25) is 29.5 Å². The molecule has 2 aliphatic carbocycles. The monoisotopic (exact) mass is 1010 g/mol. The number of pyridine rings is 2. The number of methoxy groups -OCH3 is 1. The first-order valence-electron chi connectivity index (χ1n) is 25.7. The number of hydrogen-bond acceptors (Lipinski definition) is 13. The van der Waals surface area contributed by atoms with Crippen LogP contribution in [-0.4, -0.2) is 160 Å². The number of aromatic nitrogens is 2. The molecule has 4 N–H and O–H groups in total. The van der Waals surface area contributed by atoms with Gasteiger partial charge in [0.1, 0.15) is 0 Å². The molecule has 0 radical (unpaired) electrons. The van der Waals surface area contributed by atoms with Gasteiger partial charge in [-0.15, -0.1) is 0 Å². The highest BCUT2D eigenvalue weighted by Crippen LogP contribution is 2.45. The molecule has 7 rings (SSSR count). The fraction of sp³-hybridized carbons (Fsp3) is 0.706. The van der Waals surface area contributed by atoms with Crippen molar-refractivity contribution in [3.63, 3.8) is 0 Å². The van der Waals surface area contributed by atoms with Crippen molar-refractivity contribution < 1.29 is 60.8 Å². The van der Waals surface area contributed by atoms with Gasteiger partial charge in [0.25, 0.3) is 0 Å². The molecule has 2 aromatic rings. The molecule has 2 aromatic heterocycles. The first-order valence-corrected chi connectivity index (χ1v) is 25.7. The SMILES string of the molecule is CO[C@@H]1COCC[C@@H]1N[C@@H]1CC[C@](CCCNC(=O)C2CCC(NC(=O)CCOCCOCCOCCNC(=O)[C@H]3CC(=O)N(C)[C@@H]3c3cccnc3)CC2)(C(=O)N2CCc3ncc(C(F)(F)F)cc3C2)C1. The Kier molecular flexibility index (Phi) is 20.2. The fourth-order valence-corrected chi connectivity index (χ4v) is 11.1. The number of carbonyl (C=O) groups is 5. The average molecular weight is 1020 g/mol. The standard InChI is InChI=1S/C51H73F3N8O10/c1-61-45(64)28-40(46(61)35-5-3-16-55-30-35)48(66)57-18-22-70-24-26-71-25-23-69-21-13-44(63)60-38-8-6-34(7-9-38)47(65)56-17-4-14-50(15-10-39(29-50)59-42-12-20-72-33-43(42)68-2)49(67)62-19-11-41-36(32-62)27-37(31-58-41)51(52,53)54/h3,5,16,27,30-31,34,38-40,42-43,46,59H,4,6-15,17-26,28-29,32-33H2,1-2H3,(H,56,65)(H,57,66)(H,60,63)/t34?,38?,39-,40+,42+,43-,46-,50+/m1/s1. The van der Waals surface area contributed by atoms with E-state index in [0.717, 1.165) is 30.7 Å². The third-order valence-electron chi connectivity index (χ3n) is 15.1. The molecule has 5 aliphatic rings. The van der Waals surface area contributed by atoms with Crippen molar-refractivity contribution in [3.05, 3.63) is 59.2 Å². The summed E-state index contributed by atoms with van der Waals surface area (Å²) in [6.45, 7) is 4.13. The van der Waals surface area contributed by atoms with Gasteiger partial charge in [-0.2, -0.15) is 13.2 Å². The molecule has 2 saturated heterocycles. The summed E-state index contributed by atoms with van der Waals surface area (Å²) in [4.78, 5) is 77.3. The van der Waals surface area contributed by atoms with E-state index in [-0.39, 0.29) is 91.7 Å². The highest BCUT2D eigenvalue weighted by Gasteiger charge is 2.48. The Bertz CT molecular complexity index is 2120. The minimum absolute atomic E-state index is 0.0248. The van der Waals surface area contributed by atoms with Crippen molar-refractivity contribution in [3.8, 4) is 0 Å². The molecule has 0 aromatic carbocycles. The van der Waals surface area contributed by atoms with Crippen LogP contribution in [0, 0.1) is 17.3 Å². The maximum atomic E-state index is 14.6. The van der Waals surface area contributed by atoms with Crippen LogP contribution in [0.2, 0.25) is 0 Å². The molecular formula is C51H73F3N8O10. The summed E-state index contributed by atoms with van der Waals surface area (Å²) in [6.07, 6.45) is 6.80. The minimum atomic E-state index is -4.53. The second kappa shape index (κ2) is 26.4. The van der Waals surface area contributed by atoms with Crippen molar-refractivity contribution >= 4 is 29.5 Å². The molecule has 72 heavy (non-hydrogen) atoms. The lowest BCUT2D eigenvalue weighted by atomic mass is 9.79. The number of halogens is 3. The molecule has 0 bridgehead atoms. The van der Waals surface area contributed by atoms with Gasteiger partial charge in [-0.1, -0.05) is 6.07 Å². The van der Waals surface area contributed by atoms with Gasteiger partial charge in [0.15, 0.2) is 0 Å². The number of rotatable bonds is 24. The predicted octanol–water partition coefficient (Wildman–Crippen LogP) is 3.66. The van der Waals surface area contributed by atoms with Gasteiger partial charge in [-0.25, -0.2) is 0 Å². The van der Waals surface area contributed by atoms with Crippen LogP contribution in [0.3, 0.4) is 0 Å². The van der Waals surface area contributed by atoms with Gasteiger partial charge in [0.05, 0.1) is 75.3 Å². The molecule has 18 nitrogen and oxygen atoms in total. The van der Waals surface area contributed by atoms with Crippen LogP contribution in [0.15, 0.2) is 36.8 Å². The van der Waals surface area contributed by atoms with Crippen LogP contribution in [-0.2, 0) is 66.8 Å². The fourth-order valence-electron chi connectivity index (χ4n) is 11.1. The lowest BCUT2D eigenvalue weighted by molar-refractivity contribution is -0.143.